The summed E-state index contributed by atoms with van der Waals surface area (Å²) in [7, 11) is 0. The normalized spacial score (nSPS) is 53.0. The summed E-state index contributed by atoms with van der Waals surface area (Å²) in [6, 6.07) is 0. The lowest BCUT2D eigenvalue weighted by molar-refractivity contribution is -0.116. The third-order valence-electron chi connectivity index (χ3n) is 8.40. The van der Waals surface area contributed by atoms with E-state index >= 15 is 0 Å². The number of rotatable bonds is 0. The quantitative estimate of drug-likeness (QED) is 0.562. The fourth-order valence-corrected chi connectivity index (χ4v) is 7.01. The summed E-state index contributed by atoms with van der Waals surface area (Å²) < 4.78 is 0. The van der Waals surface area contributed by atoms with Crippen molar-refractivity contribution in [3.63, 3.8) is 0 Å². The van der Waals surface area contributed by atoms with E-state index in [1.54, 1.807) is 0 Å². The second-order valence-electron chi connectivity index (χ2n) is 8.96. The highest BCUT2D eigenvalue weighted by atomic mass is 16.1. The van der Waals surface area contributed by atoms with Gasteiger partial charge in [0.15, 0.2) is 5.78 Å². The van der Waals surface area contributed by atoms with E-state index in [0.29, 0.717) is 17.1 Å². The molecule has 0 heterocycles. The van der Waals surface area contributed by atoms with E-state index in [9.17, 15) is 4.79 Å². The van der Waals surface area contributed by atoms with Crippen LogP contribution < -0.4 is 0 Å². The molecule has 0 unspecified atom stereocenters. The third kappa shape index (κ3) is 1.72. The van der Waals surface area contributed by atoms with Crippen molar-refractivity contribution in [1.82, 2.24) is 0 Å². The molecule has 0 aromatic heterocycles. The minimum Gasteiger partial charge on any atom is -0.295 e. The van der Waals surface area contributed by atoms with Crippen LogP contribution in [0.5, 0.6) is 0 Å². The van der Waals surface area contributed by atoms with Crippen LogP contribution in [0.25, 0.3) is 0 Å². The smallest absolute Gasteiger partial charge is 0.159 e. The molecule has 4 fully saturated rings. The van der Waals surface area contributed by atoms with Crippen LogP contribution in [0.4, 0.5) is 0 Å². The third-order valence-corrected chi connectivity index (χ3v) is 8.40. The Kier molecular flexibility index (Phi) is 2.98. The molecule has 6 atom stereocenters. The first-order chi connectivity index (χ1) is 9.97. The number of fused-ring (bicyclic) bond motifs is 5. The van der Waals surface area contributed by atoms with Crippen molar-refractivity contribution in [2.75, 3.05) is 0 Å². The van der Waals surface area contributed by atoms with Gasteiger partial charge in [-0.2, -0.15) is 0 Å². The summed E-state index contributed by atoms with van der Waals surface area (Å²) in [5.41, 5.74) is 1.67. The highest BCUT2D eigenvalue weighted by Crippen LogP contribution is 2.66. The summed E-state index contributed by atoms with van der Waals surface area (Å²) in [4.78, 5) is 12.3. The van der Waals surface area contributed by atoms with E-state index < -0.39 is 0 Å². The molecule has 0 amide bonds. The van der Waals surface area contributed by atoms with Crippen LogP contribution in [0.15, 0.2) is 12.2 Å². The first-order valence-corrected chi connectivity index (χ1v) is 9.19. The van der Waals surface area contributed by atoms with Crippen molar-refractivity contribution in [1.29, 1.82) is 0 Å². The Labute approximate surface area is 129 Å². The zero-order valence-corrected chi connectivity index (χ0v) is 13.8. The molecule has 0 radical (unpaired) electrons. The van der Waals surface area contributed by atoms with Crippen LogP contribution in [0.1, 0.15) is 71.6 Å². The molecule has 21 heavy (non-hydrogen) atoms. The van der Waals surface area contributed by atoms with Gasteiger partial charge in [0, 0.05) is 6.42 Å². The molecule has 0 aromatic carbocycles. The van der Waals surface area contributed by atoms with Gasteiger partial charge in [-0.05, 0) is 78.6 Å². The fraction of sp³-hybridized carbons (Fsp3) is 0.850. The fourth-order valence-electron chi connectivity index (χ4n) is 7.01. The van der Waals surface area contributed by atoms with Gasteiger partial charge < -0.3 is 0 Å². The molecule has 1 nitrogen and oxygen atoms in total. The number of carbonyl (C=O) groups excluding carboxylic acids is 1. The second-order valence-corrected chi connectivity index (χ2v) is 8.96. The minimum atomic E-state index is 0.135. The zero-order valence-electron chi connectivity index (χ0n) is 13.8. The molecule has 0 bridgehead atoms. The predicted octanol–water partition coefficient (Wildman–Crippen LogP) is 5.15. The van der Waals surface area contributed by atoms with E-state index in [0.717, 1.165) is 29.7 Å². The number of hydrogen-bond donors (Lipinski definition) is 0. The first kappa shape index (κ1) is 14.0. The Morgan fingerprint density at radius 3 is 2.62 bits per heavy atom. The highest BCUT2D eigenvalue weighted by molar-refractivity contribution is 5.99. The maximum absolute atomic E-state index is 12.3. The Balaban J connectivity index is 1.68. The number of ketones is 1. The molecule has 0 saturated heterocycles. The van der Waals surface area contributed by atoms with Crippen LogP contribution in [-0.2, 0) is 4.79 Å². The van der Waals surface area contributed by atoms with Gasteiger partial charge in [0.05, 0.1) is 0 Å². The summed E-state index contributed by atoms with van der Waals surface area (Å²) in [6.07, 6.45) is 12.0. The molecule has 1 heteroatoms. The predicted molar refractivity (Wildman–Crippen MR) is 85.9 cm³/mol. The van der Waals surface area contributed by atoms with Crippen molar-refractivity contribution in [3.05, 3.63) is 12.2 Å². The Bertz CT molecular complexity index is 492. The molecule has 0 N–H and O–H groups in total. The molecule has 4 aliphatic rings. The van der Waals surface area contributed by atoms with Crippen LogP contribution in [-0.4, -0.2) is 5.78 Å². The molecule has 4 aliphatic carbocycles. The second kappa shape index (κ2) is 4.46. The molecule has 0 aromatic rings. The van der Waals surface area contributed by atoms with Crippen LogP contribution in [0.2, 0.25) is 0 Å². The van der Waals surface area contributed by atoms with Crippen LogP contribution in [0.3, 0.4) is 0 Å². The van der Waals surface area contributed by atoms with E-state index in [1.165, 1.54) is 51.4 Å². The topological polar surface area (TPSA) is 17.1 Å². The van der Waals surface area contributed by atoms with Crippen molar-refractivity contribution < 1.29 is 4.79 Å². The van der Waals surface area contributed by atoms with E-state index in [1.807, 2.05) is 0 Å². The van der Waals surface area contributed by atoms with E-state index in [4.69, 9.17) is 0 Å². The summed E-state index contributed by atoms with van der Waals surface area (Å²) in [5, 5.41) is 0. The maximum Gasteiger partial charge on any atom is 0.159 e. The average molecular weight is 286 g/mol. The molecule has 4 rings (SSSR count). The lowest BCUT2D eigenvalue weighted by Crippen LogP contribution is -2.51. The molecule has 116 valence electrons. The van der Waals surface area contributed by atoms with Crippen molar-refractivity contribution in [2.45, 2.75) is 71.6 Å². The number of carbonyl (C=O) groups is 1. The molecular weight excluding hydrogens is 256 g/mol. The summed E-state index contributed by atoms with van der Waals surface area (Å²) >= 11 is 0. The van der Waals surface area contributed by atoms with Crippen molar-refractivity contribution in [2.24, 2.45) is 34.5 Å². The Morgan fingerprint density at radius 2 is 1.81 bits per heavy atom. The molecule has 4 saturated carbocycles. The van der Waals surface area contributed by atoms with Crippen LogP contribution >= 0.6 is 0 Å². The van der Waals surface area contributed by atoms with Gasteiger partial charge >= 0.3 is 0 Å². The van der Waals surface area contributed by atoms with Gasteiger partial charge in [-0.1, -0.05) is 33.3 Å². The molecular formula is C20H30O. The lowest BCUT2D eigenvalue weighted by atomic mass is 9.45. The zero-order chi connectivity index (χ0) is 14.8. The maximum atomic E-state index is 12.3. The van der Waals surface area contributed by atoms with Crippen molar-refractivity contribution in [3.8, 4) is 0 Å². The minimum absolute atomic E-state index is 0.135. The van der Waals surface area contributed by atoms with Gasteiger partial charge in [0.1, 0.15) is 0 Å². The van der Waals surface area contributed by atoms with Gasteiger partial charge in [0.25, 0.3) is 0 Å². The van der Waals surface area contributed by atoms with Crippen LogP contribution in [0, 0.1) is 34.5 Å². The molecule has 0 spiro atoms. The molecule has 0 aliphatic heterocycles. The van der Waals surface area contributed by atoms with Gasteiger partial charge in [-0.25, -0.2) is 0 Å². The highest BCUT2D eigenvalue weighted by Gasteiger charge is 2.59. The van der Waals surface area contributed by atoms with Gasteiger partial charge in [-0.3, -0.25) is 4.79 Å². The Morgan fingerprint density at radius 1 is 1.00 bits per heavy atom. The van der Waals surface area contributed by atoms with Gasteiger partial charge in [0.2, 0.25) is 0 Å². The SMILES string of the molecule is C=C1C(=O)C[C@H]2[C@@H]3CC[C@H]4CCCC[C@]4(C)[C@H]3CC[C@]12C. The van der Waals surface area contributed by atoms with Gasteiger partial charge in [-0.15, -0.1) is 0 Å². The van der Waals surface area contributed by atoms with E-state index in [-0.39, 0.29) is 5.41 Å². The lowest BCUT2D eigenvalue weighted by Gasteiger charge is -2.59. The average Bonchev–Trinajstić information content (AvgIpc) is 2.70. The summed E-state index contributed by atoms with van der Waals surface area (Å²) in [5.74, 6) is 3.63. The summed E-state index contributed by atoms with van der Waals surface area (Å²) in [6.45, 7) is 9.12. The standard InChI is InChI=1S/C20H30O/c1-13-18(21)12-17-15-8-7-14-6-4-5-10-20(14,3)16(15)9-11-19(13,17)2/h14-17H,1,4-12H2,2-3H3/t14-,15-,16+,17+,19-,20+/m1/s1. The van der Waals surface area contributed by atoms with E-state index in [2.05, 4.69) is 20.4 Å². The monoisotopic (exact) mass is 286 g/mol. The Hall–Kier alpha value is -0.590. The van der Waals surface area contributed by atoms with Crippen molar-refractivity contribution >= 4 is 5.78 Å². The number of hydrogen-bond acceptors (Lipinski definition) is 1. The largest absolute Gasteiger partial charge is 0.295 e. The number of allylic oxidation sites excluding steroid dienone is 1. The number of Topliss-reactive ketones (excluding diaryl/α,β-unsaturated/α-hetero) is 1. The first-order valence-electron chi connectivity index (χ1n) is 9.19.